The predicted molar refractivity (Wildman–Crippen MR) is 101 cm³/mol. The van der Waals surface area contributed by atoms with Crippen LogP contribution in [0.1, 0.15) is 36.8 Å². The Balaban J connectivity index is 1.47. The van der Waals surface area contributed by atoms with Gasteiger partial charge in [0, 0.05) is 24.0 Å². The minimum absolute atomic E-state index is 0.0187. The number of rotatable bonds is 7. The molecule has 2 heterocycles. The molecule has 5 heteroatoms. The van der Waals surface area contributed by atoms with Crippen molar-refractivity contribution in [3.8, 4) is 0 Å². The first-order valence-corrected chi connectivity index (χ1v) is 9.23. The highest BCUT2D eigenvalue weighted by Gasteiger charge is 2.11. The molecule has 0 radical (unpaired) electrons. The summed E-state index contributed by atoms with van der Waals surface area (Å²) >= 11 is 0. The van der Waals surface area contributed by atoms with Crippen LogP contribution in [0.25, 0.3) is 10.9 Å². The zero-order valence-electron chi connectivity index (χ0n) is 14.9. The average Bonchev–Trinajstić information content (AvgIpc) is 3.10. The number of fused-ring (bicyclic) bond motifs is 1. The van der Waals surface area contributed by atoms with Gasteiger partial charge in [0.15, 0.2) is 0 Å². The second kappa shape index (κ2) is 8.30. The molecule has 0 saturated carbocycles. The van der Waals surface area contributed by atoms with Crippen LogP contribution in [0.3, 0.4) is 0 Å². The summed E-state index contributed by atoms with van der Waals surface area (Å²) in [4.78, 5) is 29.5. The summed E-state index contributed by atoms with van der Waals surface area (Å²) in [5.74, 6) is 0.0187. The predicted octanol–water partition coefficient (Wildman–Crippen LogP) is 2.37. The summed E-state index contributed by atoms with van der Waals surface area (Å²) in [5, 5.41) is 3.98. The van der Waals surface area contributed by atoms with Gasteiger partial charge in [0.2, 0.25) is 5.91 Å². The Morgan fingerprint density at radius 3 is 2.84 bits per heavy atom. The Hall–Kier alpha value is -2.14. The molecule has 25 heavy (non-hydrogen) atoms. The van der Waals surface area contributed by atoms with E-state index in [2.05, 4.69) is 15.2 Å². The molecule has 1 aliphatic heterocycles. The number of H-pyrrole nitrogens is 1. The lowest BCUT2D eigenvalue weighted by molar-refractivity contribution is -0.121. The number of amides is 1. The molecule has 134 valence electrons. The molecule has 0 bridgehead atoms. The standard InChI is InChI=1S/C20H27N3O2/c1-15-5-7-18-17(13-15)14-16(20(25)22-18)6-8-19(24)21-9-4-12-23-10-2-3-11-23/h5,7,13-14H,2-4,6,8-12H2,1H3,(H,21,24)(H,22,25). The molecule has 1 aromatic heterocycles. The van der Waals surface area contributed by atoms with Crippen LogP contribution >= 0.6 is 0 Å². The third-order valence-electron chi connectivity index (χ3n) is 4.87. The van der Waals surface area contributed by atoms with E-state index in [1.54, 1.807) is 0 Å². The van der Waals surface area contributed by atoms with Gasteiger partial charge >= 0.3 is 0 Å². The van der Waals surface area contributed by atoms with Crippen LogP contribution < -0.4 is 10.9 Å². The maximum atomic E-state index is 12.1. The minimum Gasteiger partial charge on any atom is -0.356 e. The summed E-state index contributed by atoms with van der Waals surface area (Å²) in [7, 11) is 0. The van der Waals surface area contributed by atoms with E-state index >= 15 is 0 Å². The molecule has 2 aromatic rings. The molecule has 1 saturated heterocycles. The van der Waals surface area contributed by atoms with Crippen LogP contribution in [0.15, 0.2) is 29.1 Å². The lowest BCUT2D eigenvalue weighted by Crippen LogP contribution is -2.29. The number of pyridine rings is 1. The molecule has 5 nitrogen and oxygen atoms in total. The number of carbonyl (C=O) groups excluding carboxylic acids is 1. The molecule has 3 rings (SSSR count). The number of benzene rings is 1. The van der Waals surface area contributed by atoms with Crippen molar-refractivity contribution in [3.63, 3.8) is 0 Å². The Morgan fingerprint density at radius 1 is 1.24 bits per heavy atom. The molecular weight excluding hydrogens is 314 g/mol. The van der Waals surface area contributed by atoms with Gasteiger partial charge in [-0.2, -0.15) is 0 Å². The van der Waals surface area contributed by atoms with Crippen LogP contribution in [-0.4, -0.2) is 42.0 Å². The number of nitrogens with zero attached hydrogens (tertiary/aromatic N) is 1. The number of carbonyl (C=O) groups is 1. The normalized spacial score (nSPS) is 14.9. The largest absolute Gasteiger partial charge is 0.356 e. The van der Waals surface area contributed by atoms with E-state index < -0.39 is 0 Å². The lowest BCUT2D eigenvalue weighted by atomic mass is 10.1. The molecule has 1 aliphatic rings. The molecule has 1 amide bonds. The molecule has 1 fully saturated rings. The topological polar surface area (TPSA) is 65.2 Å². The van der Waals surface area contributed by atoms with E-state index in [1.807, 2.05) is 31.2 Å². The summed E-state index contributed by atoms with van der Waals surface area (Å²) < 4.78 is 0. The van der Waals surface area contributed by atoms with Crippen molar-refractivity contribution in [1.82, 2.24) is 15.2 Å². The third-order valence-corrected chi connectivity index (χ3v) is 4.87. The summed E-state index contributed by atoms with van der Waals surface area (Å²) in [6, 6.07) is 7.85. The van der Waals surface area contributed by atoms with E-state index in [0.717, 1.165) is 29.4 Å². The molecule has 0 spiro atoms. The molecular formula is C20H27N3O2. The van der Waals surface area contributed by atoms with Crippen molar-refractivity contribution in [2.75, 3.05) is 26.2 Å². The second-order valence-corrected chi connectivity index (χ2v) is 6.97. The molecule has 0 aliphatic carbocycles. The smallest absolute Gasteiger partial charge is 0.251 e. The highest BCUT2D eigenvalue weighted by molar-refractivity contribution is 5.80. The number of hydrogen-bond acceptors (Lipinski definition) is 3. The lowest BCUT2D eigenvalue weighted by Gasteiger charge is -2.14. The number of aromatic nitrogens is 1. The van der Waals surface area contributed by atoms with E-state index in [9.17, 15) is 9.59 Å². The van der Waals surface area contributed by atoms with Gasteiger partial charge in [-0.1, -0.05) is 11.6 Å². The van der Waals surface area contributed by atoms with Gasteiger partial charge in [0.1, 0.15) is 0 Å². The van der Waals surface area contributed by atoms with E-state index in [-0.39, 0.29) is 11.5 Å². The van der Waals surface area contributed by atoms with Gasteiger partial charge < -0.3 is 15.2 Å². The Labute approximate surface area is 148 Å². The first-order valence-electron chi connectivity index (χ1n) is 9.23. The fraction of sp³-hybridized carbons (Fsp3) is 0.500. The van der Waals surface area contributed by atoms with Gasteiger partial charge in [-0.15, -0.1) is 0 Å². The van der Waals surface area contributed by atoms with Crippen molar-refractivity contribution in [1.29, 1.82) is 0 Å². The molecule has 0 atom stereocenters. The van der Waals surface area contributed by atoms with Gasteiger partial charge in [0.25, 0.3) is 5.56 Å². The molecule has 2 N–H and O–H groups in total. The Bertz CT molecular complexity index is 791. The van der Waals surface area contributed by atoms with Crippen LogP contribution in [-0.2, 0) is 11.2 Å². The maximum Gasteiger partial charge on any atom is 0.251 e. The zero-order chi connectivity index (χ0) is 17.6. The number of likely N-dealkylation sites (tertiary alicyclic amines) is 1. The van der Waals surface area contributed by atoms with E-state index in [0.29, 0.717) is 24.9 Å². The third kappa shape index (κ3) is 4.92. The van der Waals surface area contributed by atoms with E-state index in [1.165, 1.54) is 25.9 Å². The highest BCUT2D eigenvalue weighted by Crippen LogP contribution is 2.14. The molecule has 1 aromatic carbocycles. The first kappa shape index (κ1) is 17.7. The Kier molecular flexibility index (Phi) is 5.87. The van der Waals surface area contributed by atoms with Crippen LogP contribution in [0, 0.1) is 6.92 Å². The highest BCUT2D eigenvalue weighted by atomic mass is 16.1. The summed E-state index contributed by atoms with van der Waals surface area (Å²) in [6.07, 6.45) is 4.40. The number of nitrogens with one attached hydrogen (secondary N) is 2. The number of aryl methyl sites for hydroxylation is 2. The minimum atomic E-state index is -0.0989. The monoisotopic (exact) mass is 341 g/mol. The van der Waals surface area contributed by atoms with Crippen LogP contribution in [0.5, 0.6) is 0 Å². The second-order valence-electron chi connectivity index (χ2n) is 6.97. The zero-order valence-corrected chi connectivity index (χ0v) is 14.9. The number of aromatic amines is 1. The maximum absolute atomic E-state index is 12.1. The Morgan fingerprint density at radius 2 is 2.04 bits per heavy atom. The van der Waals surface area contributed by atoms with Gasteiger partial charge in [-0.25, -0.2) is 0 Å². The van der Waals surface area contributed by atoms with Crippen molar-refractivity contribution in [2.24, 2.45) is 0 Å². The van der Waals surface area contributed by atoms with Crippen LogP contribution in [0.2, 0.25) is 0 Å². The fourth-order valence-corrected chi connectivity index (χ4v) is 3.43. The first-order chi connectivity index (χ1) is 12.1. The summed E-state index contributed by atoms with van der Waals surface area (Å²) in [5.41, 5.74) is 2.57. The van der Waals surface area contributed by atoms with Gasteiger partial charge in [-0.05, 0) is 75.8 Å². The summed E-state index contributed by atoms with van der Waals surface area (Å²) in [6.45, 7) is 6.18. The van der Waals surface area contributed by atoms with Crippen molar-refractivity contribution in [2.45, 2.75) is 39.0 Å². The van der Waals surface area contributed by atoms with E-state index in [4.69, 9.17) is 0 Å². The number of hydrogen-bond donors (Lipinski definition) is 2. The van der Waals surface area contributed by atoms with Gasteiger partial charge in [0.05, 0.1) is 0 Å². The van der Waals surface area contributed by atoms with Crippen molar-refractivity contribution >= 4 is 16.8 Å². The van der Waals surface area contributed by atoms with Gasteiger partial charge in [-0.3, -0.25) is 9.59 Å². The van der Waals surface area contributed by atoms with Crippen molar-refractivity contribution in [3.05, 3.63) is 45.7 Å². The quantitative estimate of drug-likeness (QED) is 0.760. The fourth-order valence-electron chi connectivity index (χ4n) is 3.43. The van der Waals surface area contributed by atoms with Crippen molar-refractivity contribution < 1.29 is 4.79 Å². The van der Waals surface area contributed by atoms with Crippen LogP contribution in [0.4, 0.5) is 0 Å². The average molecular weight is 341 g/mol. The SMILES string of the molecule is Cc1ccc2[nH]c(=O)c(CCC(=O)NCCCN3CCCC3)cc2c1. The molecule has 0 unspecified atom stereocenters.